The number of aliphatic hydroxyl groups excluding tert-OH is 2. The Morgan fingerprint density at radius 1 is 0.973 bits per heavy atom. The van der Waals surface area contributed by atoms with Crippen LogP contribution in [0.15, 0.2) is 29.3 Å². The van der Waals surface area contributed by atoms with Crippen LogP contribution >= 0.6 is 0 Å². The highest BCUT2D eigenvalue weighted by molar-refractivity contribution is 5.94. The summed E-state index contributed by atoms with van der Waals surface area (Å²) in [5.74, 6) is -4.26. The lowest BCUT2D eigenvalue weighted by molar-refractivity contribution is -0.143. The third kappa shape index (κ3) is 11.1. The summed E-state index contributed by atoms with van der Waals surface area (Å²) in [6.45, 7) is 0.590. The second-order valence-electron chi connectivity index (χ2n) is 8.30. The molecule has 3 amide bonds. The van der Waals surface area contributed by atoms with Crippen molar-refractivity contribution < 1.29 is 39.6 Å². The van der Waals surface area contributed by atoms with Crippen LogP contribution < -0.4 is 33.2 Å². The molecule has 0 spiro atoms. The lowest BCUT2D eigenvalue weighted by atomic mass is 10.0. The van der Waals surface area contributed by atoms with Crippen LogP contribution in [-0.4, -0.2) is 93.5 Å². The lowest BCUT2D eigenvalue weighted by Gasteiger charge is -2.26. The Hall–Kier alpha value is -3.95. The van der Waals surface area contributed by atoms with Gasteiger partial charge >= 0.3 is 5.97 Å². The van der Waals surface area contributed by atoms with E-state index in [1.807, 2.05) is 0 Å². The van der Waals surface area contributed by atoms with Crippen LogP contribution in [0.3, 0.4) is 0 Å². The fourth-order valence-corrected chi connectivity index (χ4v) is 3.11. The van der Waals surface area contributed by atoms with E-state index in [2.05, 4.69) is 20.9 Å². The third-order valence-electron chi connectivity index (χ3n) is 5.17. The zero-order chi connectivity index (χ0) is 28.1. The van der Waals surface area contributed by atoms with Gasteiger partial charge in [-0.15, -0.1) is 0 Å². The van der Waals surface area contributed by atoms with Gasteiger partial charge in [-0.3, -0.25) is 19.4 Å². The molecule has 5 unspecified atom stereocenters. The molecular weight excluding hydrogens is 490 g/mol. The maximum Gasteiger partial charge on any atom is 0.326 e. The van der Waals surface area contributed by atoms with E-state index in [4.69, 9.17) is 17.2 Å². The Morgan fingerprint density at radius 3 is 2.08 bits per heavy atom. The Balaban J connectivity index is 2.79. The average Bonchev–Trinajstić information content (AvgIpc) is 2.83. The highest BCUT2D eigenvalue weighted by Crippen LogP contribution is 2.12. The molecule has 0 fully saturated rings. The number of nitrogens with one attached hydrogen (secondary N) is 3. The summed E-state index contributed by atoms with van der Waals surface area (Å²) in [5.41, 5.74) is 16.7. The van der Waals surface area contributed by atoms with Crippen LogP contribution in [0, 0.1) is 0 Å². The summed E-state index contributed by atoms with van der Waals surface area (Å²) in [7, 11) is 0. The predicted octanol–water partition coefficient (Wildman–Crippen LogP) is -3.77. The first kappa shape index (κ1) is 31.1. The number of benzene rings is 1. The number of amides is 3. The Morgan fingerprint density at radius 2 is 1.57 bits per heavy atom. The number of guanidine groups is 1. The second-order valence-corrected chi connectivity index (χ2v) is 8.30. The van der Waals surface area contributed by atoms with Gasteiger partial charge < -0.3 is 53.6 Å². The van der Waals surface area contributed by atoms with Gasteiger partial charge in [0.15, 0.2) is 5.96 Å². The van der Waals surface area contributed by atoms with Crippen molar-refractivity contribution in [2.45, 2.75) is 56.5 Å². The molecule has 0 heterocycles. The molecule has 0 aliphatic rings. The highest BCUT2D eigenvalue weighted by Gasteiger charge is 2.32. The van der Waals surface area contributed by atoms with E-state index in [1.54, 1.807) is 0 Å². The summed E-state index contributed by atoms with van der Waals surface area (Å²) in [5, 5.41) is 45.2. The van der Waals surface area contributed by atoms with Gasteiger partial charge in [-0.25, -0.2) is 4.79 Å². The number of rotatable bonds is 15. The van der Waals surface area contributed by atoms with E-state index in [0.29, 0.717) is 12.0 Å². The molecule has 5 atom stereocenters. The topological polar surface area (TPSA) is 276 Å². The number of aliphatic imine (C=N–C) groups is 1. The molecule has 0 aliphatic heterocycles. The van der Waals surface area contributed by atoms with Crippen LogP contribution in [0.1, 0.15) is 25.3 Å². The van der Waals surface area contributed by atoms with Gasteiger partial charge in [0.05, 0.1) is 18.8 Å². The maximum atomic E-state index is 12.7. The van der Waals surface area contributed by atoms with Crippen molar-refractivity contribution in [3.63, 3.8) is 0 Å². The Kier molecular flexibility index (Phi) is 12.8. The number of hydrogen-bond acceptors (Lipinski definition) is 9. The minimum atomic E-state index is -1.60. The van der Waals surface area contributed by atoms with Crippen LogP contribution in [0.4, 0.5) is 0 Å². The fraction of sp³-hybridized carbons (Fsp3) is 0.500. The quantitative estimate of drug-likeness (QED) is 0.0602. The number of aromatic hydroxyl groups is 1. The number of phenols is 1. The lowest BCUT2D eigenvalue weighted by Crippen LogP contribution is -2.60. The first-order valence-electron chi connectivity index (χ1n) is 11.4. The number of carboxylic acids is 1. The van der Waals surface area contributed by atoms with Gasteiger partial charge in [-0.05, 0) is 37.5 Å². The summed E-state index contributed by atoms with van der Waals surface area (Å²) >= 11 is 0. The average molecular weight is 526 g/mol. The van der Waals surface area contributed by atoms with Crippen LogP contribution in [0.25, 0.3) is 0 Å². The van der Waals surface area contributed by atoms with Gasteiger partial charge in [-0.2, -0.15) is 0 Å². The third-order valence-corrected chi connectivity index (χ3v) is 5.17. The molecule has 0 saturated carbocycles. The zero-order valence-corrected chi connectivity index (χ0v) is 20.3. The minimum absolute atomic E-state index is 0.0195. The van der Waals surface area contributed by atoms with Crippen LogP contribution in [0.2, 0.25) is 0 Å². The monoisotopic (exact) mass is 525 g/mol. The van der Waals surface area contributed by atoms with E-state index >= 15 is 0 Å². The van der Waals surface area contributed by atoms with Crippen molar-refractivity contribution in [3.8, 4) is 5.75 Å². The van der Waals surface area contributed by atoms with Crippen LogP contribution in [-0.2, 0) is 25.6 Å². The molecule has 0 radical (unpaired) electrons. The van der Waals surface area contributed by atoms with Crippen molar-refractivity contribution in [1.82, 2.24) is 16.0 Å². The van der Waals surface area contributed by atoms with E-state index in [0.717, 1.165) is 0 Å². The maximum absolute atomic E-state index is 12.7. The second kappa shape index (κ2) is 15.2. The molecule has 37 heavy (non-hydrogen) atoms. The van der Waals surface area contributed by atoms with Gasteiger partial charge in [0.25, 0.3) is 0 Å². The van der Waals surface area contributed by atoms with Crippen molar-refractivity contribution in [2.24, 2.45) is 22.2 Å². The number of aliphatic hydroxyl groups is 2. The van der Waals surface area contributed by atoms with Gasteiger partial charge in [0.1, 0.15) is 23.9 Å². The molecule has 15 heteroatoms. The molecule has 1 aromatic rings. The summed E-state index contributed by atoms with van der Waals surface area (Å²) in [6, 6.07) is 0.105. The van der Waals surface area contributed by atoms with E-state index < -0.39 is 60.6 Å². The summed E-state index contributed by atoms with van der Waals surface area (Å²) in [4.78, 5) is 53.1. The molecule has 0 aromatic heterocycles. The first-order chi connectivity index (χ1) is 17.3. The molecule has 13 N–H and O–H groups in total. The molecule has 206 valence electrons. The van der Waals surface area contributed by atoms with Gasteiger partial charge in [0.2, 0.25) is 17.7 Å². The molecule has 1 aromatic carbocycles. The number of carbonyl (C=O) groups excluding carboxylic acids is 3. The number of phenolic OH excluding ortho intramolecular Hbond substituents is 1. The Labute approximate surface area is 213 Å². The number of carbonyl (C=O) groups is 4. The number of hydrogen-bond donors (Lipinski definition) is 10. The van der Waals surface area contributed by atoms with Crippen molar-refractivity contribution in [3.05, 3.63) is 29.8 Å². The van der Waals surface area contributed by atoms with E-state index in [-0.39, 0.29) is 31.1 Å². The van der Waals surface area contributed by atoms with Crippen LogP contribution in [0.5, 0.6) is 5.75 Å². The normalized spacial score (nSPS) is 14.8. The highest BCUT2D eigenvalue weighted by atomic mass is 16.4. The molecule has 0 aliphatic carbocycles. The molecule has 1 rings (SSSR count). The van der Waals surface area contributed by atoms with Gasteiger partial charge in [-0.1, -0.05) is 12.1 Å². The molecular formula is C22H35N7O8. The zero-order valence-electron chi connectivity index (χ0n) is 20.3. The number of aliphatic carboxylic acids is 1. The van der Waals surface area contributed by atoms with E-state index in [9.17, 15) is 39.6 Å². The molecule has 0 saturated heterocycles. The van der Waals surface area contributed by atoms with Gasteiger partial charge in [0, 0.05) is 13.0 Å². The van der Waals surface area contributed by atoms with Crippen molar-refractivity contribution in [1.29, 1.82) is 0 Å². The summed E-state index contributed by atoms with van der Waals surface area (Å²) < 4.78 is 0. The largest absolute Gasteiger partial charge is 0.508 e. The Bertz CT molecular complexity index is 951. The number of nitrogens with two attached hydrogens (primary N) is 3. The van der Waals surface area contributed by atoms with Crippen molar-refractivity contribution in [2.75, 3.05) is 13.2 Å². The minimum Gasteiger partial charge on any atom is -0.508 e. The molecule has 0 bridgehead atoms. The SMILES string of the molecule is CC(O)C(NC(=O)C(CO)NC(=O)C(N)CCCN=C(N)N)C(=O)NC(Cc1ccc(O)cc1)C(=O)O. The standard InChI is InChI=1S/C22H35N7O8/c1-11(31)17(20(35)27-15(21(36)37)9-12-4-6-13(32)7-5-12)29-19(34)16(10-30)28-18(33)14(23)3-2-8-26-22(24)25/h4-7,11,14-17,30-32H,2-3,8-10,23H2,1H3,(H,27,35)(H,28,33)(H,29,34)(H,36,37)(H4,24,25,26). The number of nitrogens with zero attached hydrogens (tertiary/aromatic N) is 1. The predicted molar refractivity (Wildman–Crippen MR) is 132 cm³/mol. The number of carboxylic acid groups (broad SMARTS) is 1. The molecule has 15 nitrogen and oxygen atoms in total. The smallest absolute Gasteiger partial charge is 0.326 e. The van der Waals surface area contributed by atoms with Crippen molar-refractivity contribution >= 4 is 29.7 Å². The summed E-state index contributed by atoms with van der Waals surface area (Å²) in [6.07, 6.45) is -1.04. The fourth-order valence-electron chi connectivity index (χ4n) is 3.11. The first-order valence-corrected chi connectivity index (χ1v) is 11.4. The van der Waals surface area contributed by atoms with E-state index in [1.165, 1.54) is 31.2 Å².